The van der Waals surface area contributed by atoms with Crippen molar-refractivity contribution in [3.8, 4) is 0 Å². The maximum absolute atomic E-state index is 8.52. The summed E-state index contributed by atoms with van der Waals surface area (Å²) in [5, 5.41) is 0. The molecule has 0 aliphatic rings. The predicted octanol–water partition coefficient (Wildman–Crippen LogP) is -10.5. The van der Waals surface area contributed by atoms with Crippen molar-refractivity contribution in [1.82, 2.24) is 0 Å². The molecule has 0 aromatic carbocycles. The van der Waals surface area contributed by atoms with Crippen molar-refractivity contribution in [3.63, 3.8) is 0 Å². The second-order valence-electron chi connectivity index (χ2n) is 0.750. The van der Waals surface area contributed by atoms with Gasteiger partial charge in [0.1, 0.15) is 0 Å². The van der Waals surface area contributed by atoms with E-state index in [1.165, 1.54) is 0 Å². The molecule has 0 N–H and O–H groups in total. The number of hydrogen-bond acceptors (Lipinski definition) is 9. The van der Waals surface area contributed by atoms with Gasteiger partial charge in [-0.2, -0.15) is 0 Å². The Bertz CT molecular complexity index is 148. The third-order valence-electron chi connectivity index (χ3n) is 0. The first-order valence-corrected chi connectivity index (χ1v) is 5.51. The molecule has 0 aliphatic heterocycles. The van der Waals surface area contributed by atoms with Crippen molar-refractivity contribution in [2.24, 2.45) is 0 Å². The molecule has 6 radical (unpaired) electrons. The molecule has 0 spiro atoms. The third-order valence-corrected chi connectivity index (χ3v) is 0. The van der Waals surface area contributed by atoms with Gasteiger partial charge in [-0.25, -0.2) is 0 Å². The molecule has 18 heavy (non-hydrogen) atoms. The van der Waals surface area contributed by atoms with Crippen LogP contribution in [0.4, 0.5) is 0 Å². The van der Waals surface area contributed by atoms with Crippen LogP contribution >= 0.6 is 0 Å². The van der Waals surface area contributed by atoms with Gasteiger partial charge in [-0.05, 0) is 0 Å². The van der Waals surface area contributed by atoms with Crippen LogP contribution in [-0.4, -0.2) is 155 Å². The van der Waals surface area contributed by atoms with Gasteiger partial charge in [-0.1, -0.05) is 0 Å². The largest absolute Gasteiger partial charge is 3.00 e. The Hall–Kier alpha value is 2.56. The second-order valence-corrected chi connectivity index (χ2v) is 2.25. The van der Waals surface area contributed by atoms with E-state index in [1.54, 1.807) is 0 Å². The smallest absolute Gasteiger partial charge is 1.00 e. The van der Waals surface area contributed by atoms with Crippen LogP contribution in [0.2, 0.25) is 0 Å². The fraction of sp³-hybridized carbons (Fsp3) is 0. The molecule has 0 heterocycles. The van der Waals surface area contributed by atoms with Crippen molar-refractivity contribution in [1.29, 1.82) is 0 Å². The molecule has 0 aromatic rings. The standard InChI is InChI=1S/2Al.2B.2Ca.3O3Si.4H/c;;;;;;3*1-4(2)3;;;;/q2*+3;;;2*+2;3*-2;4*-1. The summed E-state index contributed by atoms with van der Waals surface area (Å²) in [5.74, 6) is 0. The third kappa shape index (κ3) is 871. The van der Waals surface area contributed by atoms with Gasteiger partial charge >= 0.3 is 110 Å². The van der Waals surface area contributed by atoms with E-state index >= 15 is 0 Å². The van der Waals surface area contributed by atoms with Crippen molar-refractivity contribution in [3.05, 3.63) is 0 Å². The molecule has 86 valence electrons. The summed E-state index contributed by atoms with van der Waals surface area (Å²) < 4.78 is 25.6. The molecule has 0 unspecified atom stereocenters. The van der Waals surface area contributed by atoms with E-state index in [0.717, 1.165) is 0 Å². The summed E-state index contributed by atoms with van der Waals surface area (Å²) in [7, 11) is -10.9. The second kappa shape index (κ2) is 50.4. The molecule has 0 bridgehead atoms. The number of hydrogen-bond donors (Lipinski definition) is 0. The zero-order chi connectivity index (χ0) is 10.7. The van der Waals surface area contributed by atoms with Gasteiger partial charge in [0.05, 0.1) is 0 Å². The van der Waals surface area contributed by atoms with Crippen LogP contribution in [-0.2, 0) is 13.4 Å². The Balaban J connectivity index is -0.00000000409. The number of rotatable bonds is 0. The minimum atomic E-state index is -3.63. The topological polar surface area (TPSA) is 190 Å². The Morgan fingerprint density at radius 1 is 0.556 bits per heavy atom. The summed E-state index contributed by atoms with van der Waals surface area (Å²) >= 11 is 0. The molecule has 18 heteroatoms. The van der Waals surface area contributed by atoms with Crippen molar-refractivity contribution in [2.45, 2.75) is 0 Å². The first-order chi connectivity index (χ1) is 5.20. The summed E-state index contributed by atoms with van der Waals surface area (Å²) in [4.78, 5) is 51.1. The molecular weight excluding hydrogens is 384 g/mol. The van der Waals surface area contributed by atoms with Crippen LogP contribution in [0.15, 0.2) is 0 Å². The summed E-state index contributed by atoms with van der Waals surface area (Å²) in [5.41, 5.74) is 0. The predicted molar refractivity (Wildman–Crippen MR) is 58.3 cm³/mol. The maximum atomic E-state index is 8.52. The Kier molecular flexibility index (Phi) is 165. The summed E-state index contributed by atoms with van der Waals surface area (Å²) in [6.07, 6.45) is 0. The molecule has 9 nitrogen and oxygen atoms in total. The van der Waals surface area contributed by atoms with E-state index in [4.69, 9.17) is 42.2 Å². The van der Waals surface area contributed by atoms with Crippen LogP contribution in [0.1, 0.15) is 5.71 Å². The van der Waals surface area contributed by atoms with Crippen LogP contribution in [0.3, 0.4) is 0 Å². The first kappa shape index (κ1) is 58.9. The van der Waals surface area contributed by atoms with E-state index in [2.05, 4.69) is 0 Å². The molecule has 0 atom stereocenters. The van der Waals surface area contributed by atoms with Gasteiger partial charge in [0.15, 0.2) is 0 Å². The average molecular weight is 388 g/mol. The maximum Gasteiger partial charge on any atom is 3.00 e. The fourth-order valence-corrected chi connectivity index (χ4v) is 0. The quantitative estimate of drug-likeness (QED) is 0.363. The van der Waals surface area contributed by atoms with Gasteiger partial charge < -0.3 is 47.9 Å². The van der Waals surface area contributed by atoms with E-state index in [-0.39, 0.29) is 133 Å². The van der Waals surface area contributed by atoms with E-state index in [1.807, 2.05) is 0 Å². The zero-order valence-electron chi connectivity index (χ0n) is 12.9. The van der Waals surface area contributed by atoms with Crippen LogP contribution < -0.4 is 28.8 Å². The van der Waals surface area contributed by atoms with E-state index in [0.29, 0.717) is 0 Å². The monoisotopic (exact) mass is 388 g/mol. The molecule has 0 saturated carbocycles. The van der Waals surface area contributed by atoms with Gasteiger partial charge in [0.25, 0.3) is 0 Å². The minimum Gasteiger partial charge on any atom is -1.00 e. The fourth-order valence-electron chi connectivity index (χ4n) is 0. The normalized spacial score (nSPS) is 4.00. The van der Waals surface area contributed by atoms with Gasteiger partial charge in [0, 0.05) is 44.3 Å². The van der Waals surface area contributed by atoms with Crippen LogP contribution in [0, 0.1) is 0 Å². The van der Waals surface area contributed by atoms with Crippen molar-refractivity contribution >= 4 is 155 Å². The van der Waals surface area contributed by atoms with Gasteiger partial charge in [-0.15, -0.1) is 0 Å². The Morgan fingerprint density at radius 2 is 0.556 bits per heavy atom. The first-order valence-electron chi connectivity index (χ1n) is 1.84. The van der Waals surface area contributed by atoms with E-state index < -0.39 is 27.5 Å². The SMILES string of the molecule is O=[Si]([O-])[O-].O=[Si]([O-])[O-].O=[Si]([O-])[O-].[Al+3].[Al+3].[B].[B].[Ca+2].[Ca+2].[H-].[H-].[H-].[H-]. The molecular formula is H4Al2B2Ca2O9Si3. The summed E-state index contributed by atoms with van der Waals surface area (Å²) in [6, 6.07) is 0. The molecule has 0 saturated heterocycles. The Labute approximate surface area is 199 Å². The van der Waals surface area contributed by atoms with Crippen molar-refractivity contribution in [2.75, 3.05) is 0 Å². The molecule has 0 amide bonds. The minimum absolute atomic E-state index is 0. The Morgan fingerprint density at radius 3 is 0.556 bits per heavy atom. The van der Waals surface area contributed by atoms with Gasteiger partial charge in [-0.3, -0.25) is 0 Å². The summed E-state index contributed by atoms with van der Waals surface area (Å²) in [6.45, 7) is 0. The molecule has 0 aliphatic carbocycles. The van der Waals surface area contributed by atoms with Crippen molar-refractivity contribution < 1.29 is 47.9 Å². The average Bonchev–Trinajstić information content (AvgIpc) is 1.54. The molecule has 0 aromatic heterocycles. The zero-order valence-corrected chi connectivity index (χ0v) is 18.6. The van der Waals surface area contributed by atoms with E-state index in [9.17, 15) is 0 Å². The molecule has 0 rings (SSSR count). The van der Waals surface area contributed by atoms with Gasteiger partial charge in [0.2, 0.25) is 0 Å². The molecule has 0 fully saturated rings. The van der Waals surface area contributed by atoms with Crippen LogP contribution in [0.5, 0.6) is 0 Å². The van der Waals surface area contributed by atoms with Crippen LogP contribution in [0.25, 0.3) is 0 Å².